The molecule has 5 nitrogen and oxygen atoms in total. The Labute approximate surface area is 114 Å². The Hall–Kier alpha value is -1.62. The smallest absolute Gasteiger partial charge is 0.251 e. The molecule has 1 aliphatic carbocycles. The van der Waals surface area contributed by atoms with E-state index >= 15 is 0 Å². The molecule has 0 spiro atoms. The second kappa shape index (κ2) is 6.52. The van der Waals surface area contributed by atoms with Crippen molar-refractivity contribution in [3.05, 3.63) is 23.4 Å². The van der Waals surface area contributed by atoms with Crippen molar-refractivity contribution in [2.75, 3.05) is 12.0 Å². The molecule has 2 rings (SSSR count). The standard InChI is InChI=1S/C14H22N4O/c1-2-12-8-11(9-13(17-12)18-15)14(19)16-7-6-10-4-3-5-10/h8-10H,2-7,15H2,1H3,(H,16,19)(H,17,18). The number of hydrogen-bond acceptors (Lipinski definition) is 4. The molecule has 104 valence electrons. The lowest BCUT2D eigenvalue weighted by Crippen LogP contribution is -2.27. The third-order valence-corrected chi connectivity index (χ3v) is 3.71. The third-order valence-electron chi connectivity index (χ3n) is 3.71. The minimum Gasteiger partial charge on any atom is -0.352 e. The van der Waals surface area contributed by atoms with Crippen molar-refractivity contribution in [2.45, 2.75) is 39.0 Å². The van der Waals surface area contributed by atoms with E-state index in [4.69, 9.17) is 5.84 Å². The number of anilines is 1. The van der Waals surface area contributed by atoms with Gasteiger partial charge in [-0.1, -0.05) is 26.2 Å². The Balaban J connectivity index is 1.92. The van der Waals surface area contributed by atoms with Gasteiger partial charge >= 0.3 is 0 Å². The first kappa shape index (κ1) is 13.8. The highest BCUT2D eigenvalue weighted by Gasteiger charge is 2.17. The van der Waals surface area contributed by atoms with Gasteiger partial charge in [0.1, 0.15) is 5.82 Å². The maximum atomic E-state index is 12.1. The molecule has 1 heterocycles. The Bertz CT molecular complexity index is 421. The van der Waals surface area contributed by atoms with Gasteiger partial charge in [0.2, 0.25) is 0 Å². The summed E-state index contributed by atoms with van der Waals surface area (Å²) in [6, 6.07) is 3.50. The van der Waals surface area contributed by atoms with Crippen molar-refractivity contribution < 1.29 is 4.79 Å². The molecule has 0 bridgehead atoms. The highest BCUT2D eigenvalue weighted by atomic mass is 16.1. The van der Waals surface area contributed by atoms with Crippen LogP contribution in [0.3, 0.4) is 0 Å². The number of nitrogen functional groups attached to an aromatic ring is 1. The maximum Gasteiger partial charge on any atom is 0.251 e. The van der Waals surface area contributed by atoms with Gasteiger partial charge in [-0.3, -0.25) is 4.79 Å². The van der Waals surface area contributed by atoms with Crippen molar-refractivity contribution in [2.24, 2.45) is 11.8 Å². The molecule has 5 heteroatoms. The molecule has 0 unspecified atom stereocenters. The van der Waals surface area contributed by atoms with Crippen molar-refractivity contribution >= 4 is 11.7 Å². The van der Waals surface area contributed by atoms with Crippen LogP contribution in [0.2, 0.25) is 0 Å². The molecule has 1 aromatic heterocycles. The van der Waals surface area contributed by atoms with Gasteiger partial charge in [-0.25, -0.2) is 10.8 Å². The molecule has 1 saturated carbocycles. The van der Waals surface area contributed by atoms with Crippen molar-refractivity contribution in [3.8, 4) is 0 Å². The van der Waals surface area contributed by atoms with Crippen LogP contribution >= 0.6 is 0 Å². The minimum absolute atomic E-state index is 0.0482. The fraction of sp³-hybridized carbons (Fsp3) is 0.571. The molecule has 1 fully saturated rings. The SMILES string of the molecule is CCc1cc(C(=O)NCCC2CCC2)cc(NN)n1. The average molecular weight is 262 g/mol. The zero-order valence-electron chi connectivity index (χ0n) is 11.4. The first-order chi connectivity index (χ1) is 9.22. The fourth-order valence-corrected chi connectivity index (χ4v) is 2.25. The summed E-state index contributed by atoms with van der Waals surface area (Å²) in [7, 11) is 0. The molecular weight excluding hydrogens is 240 g/mol. The predicted molar refractivity (Wildman–Crippen MR) is 75.7 cm³/mol. The van der Waals surface area contributed by atoms with Crippen LogP contribution < -0.4 is 16.6 Å². The van der Waals surface area contributed by atoms with Crippen LogP contribution in [0.1, 0.15) is 48.7 Å². The third kappa shape index (κ3) is 3.67. The molecule has 0 radical (unpaired) electrons. The van der Waals surface area contributed by atoms with Crippen molar-refractivity contribution in [1.82, 2.24) is 10.3 Å². The Morgan fingerprint density at radius 1 is 1.47 bits per heavy atom. The first-order valence-electron chi connectivity index (χ1n) is 6.98. The van der Waals surface area contributed by atoms with Crippen LogP contribution in [0.25, 0.3) is 0 Å². The van der Waals surface area contributed by atoms with Gasteiger partial charge < -0.3 is 10.7 Å². The number of carbonyl (C=O) groups excluding carboxylic acids is 1. The van der Waals surface area contributed by atoms with Crippen LogP contribution in [0.15, 0.2) is 12.1 Å². The largest absolute Gasteiger partial charge is 0.352 e. The molecule has 19 heavy (non-hydrogen) atoms. The Morgan fingerprint density at radius 3 is 2.84 bits per heavy atom. The summed E-state index contributed by atoms with van der Waals surface area (Å²) in [6.07, 6.45) is 5.82. The van der Waals surface area contributed by atoms with Crippen LogP contribution in [-0.4, -0.2) is 17.4 Å². The number of aryl methyl sites for hydroxylation is 1. The summed E-state index contributed by atoms with van der Waals surface area (Å²) in [5.74, 6) is 6.66. The van der Waals surface area contributed by atoms with Gasteiger partial charge in [-0.05, 0) is 30.9 Å². The van der Waals surface area contributed by atoms with Crippen LogP contribution in [0.5, 0.6) is 0 Å². The minimum atomic E-state index is -0.0482. The van der Waals surface area contributed by atoms with E-state index in [9.17, 15) is 4.79 Å². The molecule has 0 saturated heterocycles. The van der Waals surface area contributed by atoms with Gasteiger partial charge in [0.05, 0.1) is 0 Å². The number of hydrazine groups is 1. The molecule has 0 atom stereocenters. The number of hydrogen-bond donors (Lipinski definition) is 3. The Kier molecular flexibility index (Phi) is 4.74. The number of nitrogens with two attached hydrogens (primary N) is 1. The van der Waals surface area contributed by atoms with E-state index in [1.54, 1.807) is 6.07 Å². The van der Waals surface area contributed by atoms with Gasteiger partial charge in [0, 0.05) is 17.8 Å². The van der Waals surface area contributed by atoms with Gasteiger partial charge in [-0.15, -0.1) is 0 Å². The molecule has 0 aliphatic heterocycles. The van der Waals surface area contributed by atoms with Crippen LogP contribution in [0.4, 0.5) is 5.82 Å². The molecule has 1 aliphatic rings. The molecule has 4 N–H and O–H groups in total. The summed E-state index contributed by atoms with van der Waals surface area (Å²) >= 11 is 0. The number of carbonyl (C=O) groups is 1. The number of nitrogens with one attached hydrogen (secondary N) is 2. The number of nitrogens with zero attached hydrogens (tertiary/aromatic N) is 1. The number of rotatable bonds is 6. The quantitative estimate of drug-likeness (QED) is 0.540. The van der Waals surface area contributed by atoms with Crippen LogP contribution in [-0.2, 0) is 6.42 Å². The number of aromatic nitrogens is 1. The first-order valence-corrected chi connectivity index (χ1v) is 6.98. The van der Waals surface area contributed by atoms with Gasteiger partial charge in [0.25, 0.3) is 5.91 Å². The van der Waals surface area contributed by atoms with E-state index in [0.717, 1.165) is 31.0 Å². The van der Waals surface area contributed by atoms with Gasteiger partial charge in [-0.2, -0.15) is 0 Å². The van der Waals surface area contributed by atoms with E-state index in [-0.39, 0.29) is 5.91 Å². The lowest BCUT2D eigenvalue weighted by atomic mass is 9.83. The number of pyridine rings is 1. The highest BCUT2D eigenvalue weighted by molar-refractivity contribution is 5.94. The van der Waals surface area contributed by atoms with Gasteiger partial charge in [0.15, 0.2) is 0 Å². The second-order valence-corrected chi connectivity index (χ2v) is 5.07. The summed E-state index contributed by atoms with van der Waals surface area (Å²) in [5, 5.41) is 2.97. The number of amides is 1. The van der Waals surface area contributed by atoms with Crippen LogP contribution in [0, 0.1) is 5.92 Å². The summed E-state index contributed by atoms with van der Waals surface area (Å²) in [4.78, 5) is 16.3. The predicted octanol–water partition coefficient (Wildman–Crippen LogP) is 1.85. The maximum absolute atomic E-state index is 12.1. The zero-order valence-corrected chi connectivity index (χ0v) is 11.4. The lowest BCUT2D eigenvalue weighted by molar-refractivity contribution is 0.0949. The lowest BCUT2D eigenvalue weighted by Gasteiger charge is -2.25. The molecular formula is C14H22N4O. The van der Waals surface area contributed by atoms with Crippen molar-refractivity contribution in [3.63, 3.8) is 0 Å². The van der Waals surface area contributed by atoms with E-state index in [1.165, 1.54) is 19.3 Å². The fourth-order valence-electron chi connectivity index (χ4n) is 2.25. The van der Waals surface area contributed by atoms with E-state index < -0.39 is 0 Å². The molecule has 0 aromatic carbocycles. The monoisotopic (exact) mass is 262 g/mol. The zero-order chi connectivity index (χ0) is 13.7. The van der Waals surface area contributed by atoms with Crippen molar-refractivity contribution in [1.29, 1.82) is 0 Å². The summed E-state index contributed by atoms with van der Waals surface area (Å²) in [5.41, 5.74) is 3.98. The van der Waals surface area contributed by atoms with E-state index in [0.29, 0.717) is 11.4 Å². The van der Waals surface area contributed by atoms with E-state index in [1.807, 2.05) is 13.0 Å². The molecule has 1 amide bonds. The second-order valence-electron chi connectivity index (χ2n) is 5.07. The Morgan fingerprint density at radius 2 is 2.26 bits per heavy atom. The summed E-state index contributed by atoms with van der Waals surface area (Å²) in [6.45, 7) is 2.75. The van der Waals surface area contributed by atoms with E-state index in [2.05, 4.69) is 15.7 Å². The normalized spacial score (nSPS) is 14.8. The summed E-state index contributed by atoms with van der Waals surface area (Å²) < 4.78 is 0. The topological polar surface area (TPSA) is 80.0 Å². The highest BCUT2D eigenvalue weighted by Crippen LogP contribution is 2.28. The molecule has 1 aromatic rings. The average Bonchev–Trinajstić information content (AvgIpc) is 2.40.